The molecular weight excluding hydrogens is 340 g/mol. The van der Waals surface area contributed by atoms with Crippen molar-refractivity contribution < 1.29 is 14.3 Å². The average molecular weight is 370 g/mol. The molecule has 5 nitrogen and oxygen atoms in total. The lowest BCUT2D eigenvalue weighted by atomic mass is 9.49. The zero-order valence-electron chi connectivity index (χ0n) is 16.2. The monoisotopic (exact) mass is 370 g/mol. The van der Waals surface area contributed by atoms with Gasteiger partial charge in [0, 0.05) is 13.7 Å². The van der Waals surface area contributed by atoms with Gasteiger partial charge in [-0.15, -0.1) is 0 Å². The first-order valence-electron chi connectivity index (χ1n) is 10.2. The summed E-state index contributed by atoms with van der Waals surface area (Å²) in [4.78, 5) is 24.8. The van der Waals surface area contributed by atoms with E-state index in [2.05, 4.69) is 10.6 Å². The van der Waals surface area contributed by atoms with E-state index in [4.69, 9.17) is 4.74 Å². The summed E-state index contributed by atoms with van der Waals surface area (Å²) in [5, 5.41) is 5.67. The Bertz CT molecular complexity index is 675. The van der Waals surface area contributed by atoms with Gasteiger partial charge in [-0.3, -0.25) is 9.59 Å². The summed E-state index contributed by atoms with van der Waals surface area (Å²) >= 11 is 0. The van der Waals surface area contributed by atoms with Crippen LogP contribution in [0.15, 0.2) is 30.3 Å². The second-order valence-electron chi connectivity index (χ2n) is 8.75. The van der Waals surface area contributed by atoms with Crippen LogP contribution in [0.2, 0.25) is 0 Å². The topological polar surface area (TPSA) is 67.4 Å². The fraction of sp³-hybridized carbons (Fsp3) is 0.636. The summed E-state index contributed by atoms with van der Waals surface area (Å²) < 4.78 is 6.05. The molecule has 4 saturated carbocycles. The molecule has 0 saturated heterocycles. The van der Waals surface area contributed by atoms with Gasteiger partial charge in [-0.05, 0) is 68.3 Å². The third kappa shape index (κ3) is 3.38. The van der Waals surface area contributed by atoms with E-state index in [1.807, 2.05) is 37.3 Å². The highest BCUT2D eigenvalue weighted by molar-refractivity contribution is 6.35. The summed E-state index contributed by atoms with van der Waals surface area (Å²) in [5.41, 5.74) is 0.682. The highest BCUT2D eigenvalue weighted by atomic mass is 16.5. The van der Waals surface area contributed by atoms with Crippen LogP contribution in [0, 0.1) is 23.7 Å². The van der Waals surface area contributed by atoms with Crippen molar-refractivity contribution in [1.29, 1.82) is 0 Å². The standard InChI is InChI=1S/C22H30N2O3/c1-14(17-6-4-3-5-7-17)24-21(26)20(25)23-13-22(27-2)18-9-15-8-16(11-18)12-19(22)10-15/h3-7,14-16,18-19H,8-13H2,1-2H3,(H,23,25)(H,24,26)/t14-,15?,16?,18?,19?,22?/m0/s1. The molecule has 0 radical (unpaired) electrons. The number of benzene rings is 1. The molecule has 5 rings (SSSR count). The van der Waals surface area contributed by atoms with Crippen molar-refractivity contribution >= 4 is 11.8 Å². The molecule has 2 amide bonds. The number of ether oxygens (including phenoxy) is 1. The molecule has 0 heterocycles. The van der Waals surface area contributed by atoms with Gasteiger partial charge in [0.2, 0.25) is 0 Å². The molecule has 0 aromatic heterocycles. The lowest BCUT2D eigenvalue weighted by Gasteiger charge is -2.60. The van der Waals surface area contributed by atoms with Crippen molar-refractivity contribution in [3.63, 3.8) is 0 Å². The molecule has 0 aliphatic heterocycles. The van der Waals surface area contributed by atoms with Crippen molar-refractivity contribution in [2.24, 2.45) is 23.7 Å². The number of amides is 2. The van der Waals surface area contributed by atoms with Gasteiger partial charge >= 0.3 is 11.8 Å². The fourth-order valence-electron chi connectivity index (χ4n) is 6.06. The maximum atomic E-state index is 12.4. The zero-order chi connectivity index (χ0) is 19.0. The number of carbonyl (C=O) groups is 2. The number of hydrogen-bond acceptors (Lipinski definition) is 3. The Kier molecular flexibility index (Phi) is 4.97. The number of nitrogens with one attached hydrogen (secondary N) is 2. The molecule has 4 fully saturated rings. The minimum Gasteiger partial charge on any atom is -0.376 e. The number of hydrogen-bond donors (Lipinski definition) is 2. The molecule has 1 aromatic carbocycles. The maximum Gasteiger partial charge on any atom is 0.309 e. The Morgan fingerprint density at radius 2 is 1.63 bits per heavy atom. The molecule has 4 aliphatic rings. The second-order valence-corrected chi connectivity index (χ2v) is 8.75. The molecule has 0 spiro atoms. The van der Waals surface area contributed by atoms with Crippen molar-refractivity contribution in [3.8, 4) is 0 Å². The van der Waals surface area contributed by atoms with Crippen LogP contribution in [0.3, 0.4) is 0 Å². The molecule has 5 heteroatoms. The van der Waals surface area contributed by atoms with Crippen LogP contribution < -0.4 is 10.6 Å². The fourth-order valence-corrected chi connectivity index (χ4v) is 6.06. The molecule has 1 atom stereocenters. The van der Waals surface area contributed by atoms with Gasteiger partial charge in [-0.25, -0.2) is 0 Å². The molecule has 2 N–H and O–H groups in total. The SMILES string of the molecule is COC1(CNC(=O)C(=O)N[C@@H](C)c2ccccc2)C2CC3CC(C2)CC1C3. The van der Waals surface area contributed by atoms with Gasteiger partial charge in [0.1, 0.15) is 0 Å². The van der Waals surface area contributed by atoms with E-state index in [-0.39, 0.29) is 11.6 Å². The van der Waals surface area contributed by atoms with Gasteiger partial charge in [0.25, 0.3) is 0 Å². The van der Waals surface area contributed by atoms with Crippen LogP contribution in [-0.4, -0.2) is 31.1 Å². The van der Waals surface area contributed by atoms with Crippen molar-refractivity contribution in [3.05, 3.63) is 35.9 Å². The van der Waals surface area contributed by atoms with E-state index >= 15 is 0 Å². The average Bonchev–Trinajstić information content (AvgIpc) is 2.68. The van der Waals surface area contributed by atoms with Gasteiger partial charge in [-0.1, -0.05) is 30.3 Å². The minimum atomic E-state index is -0.582. The van der Waals surface area contributed by atoms with Crippen LogP contribution in [0.1, 0.15) is 50.6 Å². The van der Waals surface area contributed by atoms with Crippen LogP contribution in [0.25, 0.3) is 0 Å². The van der Waals surface area contributed by atoms with Crippen LogP contribution in [0.4, 0.5) is 0 Å². The Morgan fingerprint density at radius 1 is 1.04 bits per heavy atom. The molecule has 4 aliphatic carbocycles. The Morgan fingerprint density at radius 3 is 2.19 bits per heavy atom. The Hall–Kier alpha value is -1.88. The highest BCUT2D eigenvalue weighted by Crippen LogP contribution is 2.59. The first-order valence-corrected chi connectivity index (χ1v) is 10.2. The van der Waals surface area contributed by atoms with E-state index in [0.29, 0.717) is 18.4 Å². The smallest absolute Gasteiger partial charge is 0.309 e. The van der Waals surface area contributed by atoms with E-state index < -0.39 is 11.8 Å². The summed E-state index contributed by atoms with van der Waals surface area (Å²) in [6.45, 7) is 2.32. The zero-order valence-corrected chi connectivity index (χ0v) is 16.2. The molecule has 146 valence electrons. The first-order chi connectivity index (χ1) is 13.0. The third-order valence-corrected chi connectivity index (χ3v) is 7.28. The van der Waals surface area contributed by atoms with Crippen molar-refractivity contribution in [1.82, 2.24) is 10.6 Å². The highest BCUT2D eigenvalue weighted by Gasteiger charge is 2.57. The maximum absolute atomic E-state index is 12.4. The number of carbonyl (C=O) groups excluding carboxylic acids is 2. The Labute approximate surface area is 161 Å². The van der Waals surface area contributed by atoms with Crippen LogP contribution in [0.5, 0.6) is 0 Å². The summed E-state index contributed by atoms with van der Waals surface area (Å²) in [6.07, 6.45) is 6.18. The molecule has 1 aromatic rings. The molecular formula is C22H30N2O3. The van der Waals surface area contributed by atoms with Crippen LogP contribution in [-0.2, 0) is 14.3 Å². The number of rotatable bonds is 5. The summed E-state index contributed by atoms with van der Waals surface area (Å²) in [6, 6.07) is 9.45. The largest absolute Gasteiger partial charge is 0.376 e. The van der Waals surface area contributed by atoms with E-state index in [9.17, 15) is 9.59 Å². The summed E-state index contributed by atoms with van der Waals surface area (Å²) in [7, 11) is 1.77. The minimum absolute atomic E-state index is 0.206. The molecule has 0 unspecified atom stereocenters. The number of methoxy groups -OCH3 is 1. The van der Waals surface area contributed by atoms with E-state index in [1.54, 1.807) is 7.11 Å². The van der Waals surface area contributed by atoms with E-state index in [1.165, 1.54) is 32.1 Å². The van der Waals surface area contributed by atoms with Gasteiger partial charge in [0.05, 0.1) is 11.6 Å². The Balaban J connectivity index is 1.36. The predicted octanol–water partition coefficient (Wildman–Crippen LogP) is 2.82. The normalized spacial score (nSPS) is 34.9. The molecule has 27 heavy (non-hydrogen) atoms. The van der Waals surface area contributed by atoms with Crippen molar-refractivity contribution in [2.45, 2.75) is 50.7 Å². The predicted molar refractivity (Wildman–Crippen MR) is 103 cm³/mol. The third-order valence-electron chi connectivity index (χ3n) is 7.28. The summed E-state index contributed by atoms with van der Waals surface area (Å²) in [5.74, 6) is 1.53. The lowest BCUT2D eigenvalue weighted by Crippen LogP contribution is -2.63. The first kappa shape index (κ1) is 18.5. The van der Waals surface area contributed by atoms with Crippen molar-refractivity contribution in [2.75, 3.05) is 13.7 Å². The quantitative estimate of drug-likeness (QED) is 0.783. The lowest BCUT2D eigenvalue weighted by molar-refractivity contribution is -0.188. The van der Waals surface area contributed by atoms with Gasteiger partial charge in [0.15, 0.2) is 0 Å². The molecule has 4 bridgehead atoms. The van der Waals surface area contributed by atoms with E-state index in [0.717, 1.165) is 17.4 Å². The van der Waals surface area contributed by atoms with Gasteiger partial charge < -0.3 is 15.4 Å². The second kappa shape index (κ2) is 7.27. The van der Waals surface area contributed by atoms with Gasteiger partial charge in [-0.2, -0.15) is 0 Å². The van der Waals surface area contributed by atoms with Crippen LogP contribution >= 0.6 is 0 Å².